The molecule has 1 heterocycles. The molecule has 1 fully saturated rings. The summed E-state index contributed by atoms with van der Waals surface area (Å²) in [6.07, 6.45) is -0.711. The Morgan fingerprint density at radius 1 is 1.40 bits per heavy atom. The Labute approximate surface area is 89.9 Å². The fourth-order valence-corrected chi connectivity index (χ4v) is 1.50. The van der Waals surface area contributed by atoms with Gasteiger partial charge in [-0.25, -0.2) is 4.79 Å². The third-order valence-corrected chi connectivity index (χ3v) is 2.20. The van der Waals surface area contributed by atoms with Gasteiger partial charge in [0.05, 0.1) is 0 Å². The van der Waals surface area contributed by atoms with Gasteiger partial charge in [-0.3, -0.25) is 4.79 Å². The molecule has 0 bridgehead atoms. The molecule has 0 aliphatic carbocycles. The second-order valence-corrected chi connectivity index (χ2v) is 5.16. The van der Waals surface area contributed by atoms with E-state index in [0.29, 0.717) is 0 Å². The second kappa shape index (κ2) is 3.83. The van der Waals surface area contributed by atoms with Gasteiger partial charge in [0.25, 0.3) is 0 Å². The van der Waals surface area contributed by atoms with E-state index in [-0.39, 0.29) is 17.8 Å². The van der Waals surface area contributed by atoms with Crippen LogP contribution in [0.25, 0.3) is 0 Å². The Hall–Kier alpha value is -1.06. The largest absolute Gasteiger partial charge is 0.457 e. The zero-order valence-corrected chi connectivity index (χ0v) is 9.87. The molecule has 1 rings (SSSR count). The molecule has 86 valence electrons. The number of hydrogen-bond donors (Lipinski definition) is 0. The van der Waals surface area contributed by atoms with Crippen LogP contribution in [0.3, 0.4) is 0 Å². The lowest BCUT2D eigenvalue weighted by Gasteiger charge is -2.37. The van der Waals surface area contributed by atoms with Crippen LogP contribution in [0, 0.1) is 11.8 Å². The van der Waals surface area contributed by atoms with Gasteiger partial charge in [-0.05, 0) is 26.7 Å². The van der Waals surface area contributed by atoms with Crippen LogP contribution in [-0.2, 0) is 19.1 Å². The molecular weight excluding hydrogens is 196 g/mol. The first-order valence-electron chi connectivity index (χ1n) is 5.16. The second-order valence-electron chi connectivity index (χ2n) is 5.16. The van der Waals surface area contributed by atoms with Crippen LogP contribution in [0.4, 0.5) is 0 Å². The molecule has 1 aliphatic heterocycles. The van der Waals surface area contributed by atoms with Crippen molar-refractivity contribution in [2.24, 2.45) is 11.8 Å². The van der Waals surface area contributed by atoms with Crippen molar-refractivity contribution in [3.63, 3.8) is 0 Å². The molecule has 2 atom stereocenters. The number of carbonyl (C=O) groups excluding carboxylic acids is 2. The minimum Gasteiger partial charge on any atom is -0.457 e. The van der Waals surface area contributed by atoms with E-state index in [0.717, 1.165) is 0 Å². The predicted molar refractivity (Wildman–Crippen MR) is 54.1 cm³/mol. The molecule has 0 aromatic carbocycles. The predicted octanol–water partition coefficient (Wildman–Crippen LogP) is 1.53. The average Bonchev–Trinajstić information content (AvgIpc) is 1.94. The minimum atomic E-state index is -0.711. The minimum absolute atomic E-state index is 0.101. The molecule has 4 heteroatoms. The molecule has 0 aromatic rings. The molecule has 0 saturated carbocycles. The smallest absolute Gasteiger partial charge is 0.348 e. The number of hydrogen-bond acceptors (Lipinski definition) is 4. The zero-order valence-electron chi connectivity index (χ0n) is 9.87. The molecule has 1 saturated heterocycles. The summed E-state index contributed by atoms with van der Waals surface area (Å²) >= 11 is 0. The van der Waals surface area contributed by atoms with Gasteiger partial charge in [0.1, 0.15) is 11.5 Å². The summed E-state index contributed by atoms with van der Waals surface area (Å²) < 4.78 is 9.96. The van der Waals surface area contributed by atoms with Gasteiger partial charge in [0.15, 0.2) is 0 Å². The van der Waals surface area contributed by atoms with Crippen molar-refractivity contribution in [3.05, 3.63) is 0 Å². The lowest BCUT2D eigenvalue weighted by atomic mass is 9.86. The molecule has 15 heavy (non-hydrogen) atoms. The molecule has 4 nitrogen and oxygen atoms in total. The highest BCUT2D eigenvalue weighted by Crippen LogP contribution is 2.31. The van der Waals surface area contributed by atoms with E-state index in [4.69, 9.17) is 9.47 Å². The van der Waals surface area contributed by atoms with Crippen molar-refractivity contribution >= 4 is 11.9 Å². The lowest BCUT2D eigenvalue weighted by molar-refractivity contribution is -0.207. The number of rotatable bonds is 2. The number of esters is 2. The topological polar surface area (TPSA) is 52.6 Å². The highest BCUT2D eigenvalue weighted by molar-refractivity contribution is 5.91. The number of carbonyl (C=O) groups is 2. The van der Waals surface area contributed by atoms with Crippen LogP contribution in [0.5, 0.6) is 0 Å². The van der Waals surface area contributed by atoms with Gasteiger partial charge in [-0.1, -0.05) is 13.8 Å². The van der Waals surface area contributed by atoms with Crippen molar-refractivity contribution in [1.29, 1.82) is 0 Å². The van der Waals surface area contributed by atoms with Crippen LogP contribution in [0.15, 0.2) is 0 Å². The highest BCUT2D eigenvalue weighted by atomic mass is 16.6. The van der Waals surface area contributed by atoms with Gasteiger partial charge in [-0.2, -0.15) is 0 Å². The summed E-state index contributed by atoms with van der Waals surface area (Å²) in [6.45, 7) is 9.15. The Morgan fingerprint density at radius 2 is 1.93 bits per heavy atom. The van der Waals surface area contributed by atoms with Crippen molar-refractivity contribution in [3.8, 4) is 0 Å². The maximum atomic E-state index is 11.6. The van der Waals surface area contributed by atoms with E-state index in [2.05, 4.69) is 0 Å². The summed E-state index contributed by atoms with van der Waals surface area (Å²) in [7, 11) is 0. The first-order chi connectivity index (χ1) is 6.72. The molecule has 0 radical (unpaired) electrons. The maximum absolute atomic E-state index is 11.6. The normalized spacial score (nSPS) is 25.9. The summed E-state index contributed by atoms with van der Waals surface area (Å²) in [5.41, 5.74) is -0.541. The number of ether oxygens (including phenoxy) is 2. The van der Waals surface area contributed by atoms with Gasteiger partial charge >= 0.3 is 11.9 Å². The lowest BCUT2D eigenvalue weighted by Crippen LogP contribution is -2.54. The van der Waals surface area contributed by atoms with E-state index in [1.807, 2.05) is 13.8 Å². The van der Waals surface area contributed by atoms with Gasteiger partial charge in [0, 0.05) is 0 Å². The van der Waals surface area contributed by atoms with E-state index in [1.165, 1.54) is 0 Å². The molecule has 0 N–H and O–H groups in total. The SMILES string of the molecule is CC(C)[C@H]1C(=O)O[C@@H]1C(=O)OC(C)(C)C. The third-order valence-electron chi connectivity index (χ3n) is 2.20. The van der Waals surface area contributed by atoms with Crippen LogP contribution in [-0.4, -0.2) is 23.6 Å². The Kier molecular flexibility index (Phi) is 3.07. The fourth-order valence-electron chi connectivity index (χ4n) is 1.50. The van der Waals surface area contributed by atoms with Crippen molar-refractivity contribution in [2.75, 3.05) is 0 Å². The Morgan fingerprint density at radius 3 is 2.27 bits per heavy atom. The molecule has 1 aliphatic rings. The van der Waals surface area contributed by atoms with Gasteiger partial charge in [0.2, 0.25) is 6.10 Å². The van der Waals surface area contributed by atoms with Crippen LogP contribution >= 0.6 is 0 Å². The van der Waals surface area contributed by atoms with Gasteiger partial charge < -0.3 is 9.47 Å². The summed E-state index contributed by atoms with van der Waals surface area (Å²) in [5, 5.41) is 0. The van der Waals surface area contributed by atoms with Crippen LogP contribution in [0.2, 0.25) is 0 Å². The third kappa shape index (κ3) is 2.70. The summed E-state index contributed by atoms with van der Waals surface area (Å²) in [6, 6.07) is 0. The fraction of sp³-hybridized carbons (Fsp3) is 0.818. The molecule has 0 unspecified atom stereocenters. The van der Waals surface area contributed by atoms with Crippen molar-refractivity contribution in [2.45, 2.75) is 46.3 Å². The standard InChI is InChI=1S/C11H18O4/c1-6(2)7-8(14-9(7)12)10(13)15-11(3,4)5/h6-8H,1-5H3/t7-,8+/m1/s1. The van der Waals surface area contributed by atoms with Gasteiger partial charge in [-0.15, -0.1) is 0 Å². The van der Waals surface area contributed by atoms with E-state index >= 15 is 0 Å². The molecular formula is C11H18O4. The average molecular weight is 214 g/mol. The number of cyclic esters (lactones) is 1. The molecule has 0 spiro atoms. The van der Waals surface area contributed by atoms with E-state index < -0.39 is 17.7 Å². The van der Waals surface area contributed by atoms with E-state index in [1.54, 1.807) is 20.8 Å². The summed E-state index contributed by atoms with van der Waals surface area (Å²) in [4.78, 5) is 22.7. The Balaban J connectivity index is 2.59. The van der Waals surface area contributed by atoms with Crippen molar-refractivity contribution in [1.82, 2.24) is 0 Å². The molecule has 0 amide bonds. The highest BCUT2D eigenvalue weighted by Gasteiger charge is 2.50. The maximum Gasteiger partial charge on any atom is 0.348 e. The van der Waals surface area contributed by atoms with E-state index in [9.17, 15) is 9.59 Å². The quantitative estimate of drug-likeness (QED) is 0.654. The van der Waals surface area contributed by atoms with Crippen LogP contribution in [0.1, 0.15) is 34.6 Å². The zero-order chi connectivity index (χ0) is 11.8. The Bertz CT molecular complexity index is 275. The first kappa shape index (κ1) is 12.0. The van der Waals surface area contributed by atoms with Crippen molar-refractivity contribution < 1.29 is 19.1 Å². The first-order valence-corrected chi connectivity index (χ1v) is 5.16. The summed E-state index contributed by atoms with van der Waals surface area (Å²) in [5.74, 6) is -0.995. The monoisotopic (exact) mass is 214 g/mol. The molecule has 0 aromatic heterocycles. The van der Waals surface area contributed by atoms with Crippen LogP contribution < -0.4 is 0 Å².